The van der Waals surface area contributed by atoms with Gasteiger partial charge in [-0.15, -0.1) is 0 Å². The van der Waals surface area contributed by atoms with Crippen LogP contribution in [-0.2, 0) is 0 Å². The molecule has 0 saturated heterocycles. The van der Waals surface area contributed by atoms with Crippen LogP contribution in [0.1, 0.15) is 19.3 Å². The minimum Gasteiger partial charge on any atom is -0.382 e. The lowest BCUT2D eigenvalue weighted by atomic mass is 9.85. The van der Waals surface area contributed by atoms with Gasteiger partial charge >= 0.3 is 0 Å². The van der Waals surface area contributed by atoms with Crippen LogP contribution in [0.25, 0.3) is 0 Å². The molecule has 4 nitrogen and oxygen atoms in total. The molecule has 1 saturated carbocycles. The van der Waals surface area contributed by atoms with Crippen LogP contribution in [0.5, 0.6) is 0 Å². The van der Waals surface area contributed by atoms with Gasteiger partial charge in [0.05, 0.1) is 16.7 Å². The zero-order valence-electron chi connectivity index (χ0n) is 8.78. The summed E-state index contributed by atoms with van der Waals surface area (Å²) in [6, 6.07) is 3.68. The Balaban J connectivity index is 2.00. The van der Waals surface area contributed by atoms with Gasteiger partial charge in [-0.1, -0.05) is 6.42 Å². The highest BCUT2D eigenvalue weighted by molar-refractivity contribution is 5.50. The summed E-state index contributed by atoms with van der Waals surface area (Å²) in [5, 5.41) is 13.4. The maximum atomic E-state index is 13.4. The standard InChI is InChI=1S/C11H13FN2O2/c12-10-6-9(14(15)16)4-5-11(10)13-7-8-2-1-3-8/h4-6,8,13H,1-3,7H2. The van der Waals surface area contributed by atoms with Gasteiger partial charge in [0.15, 0.2) is 5.82 Å². The first-order valence-corrected chi connectivity index (χ1v) is 5.34. The molecule has 0 radical (unpaired) electrons. The number of halogens is 1. The topological polar surface area (TPSA) is 55.2 Å². The minimum atomic E-state index is -0.598. The number of nitrogens with zero attached hydrogens (tertiary/aromatic N) is 1. The van der Waals surface area contributed by atoms with Gasteiger partial charge in [0.25, 0.3) is 5.69 Å². The Morgan fingerprint density at radius 1 is 1.50 bits per heavy atom. The van der Waals surface area contributed by atoms with E-state index < -0.39 is 10.7 Å². The van der Waals surface area contributed by atoms with Crippen molar-refractivity contribution in [3.8, 4) is 0 Å². The van der Waals surface area contributed by atoms with Gasteiger partial charge in [-0.2, -0.15) is 0 Å². The summed E-state index contributed by atoms with van der Waals surface area (Å²) in [5.74, 6) is 0.0584. The smallest absolute Gasteiger partial charge is 0.272 e. The van der Waals surface area contributed by atoms with Crippen LogP contribution < -0.4 is 5.32 Å². The number of non-ortho nitro benzene ring substituents is 1. The molecular formula is C11H13FN2O2. The summed E-state index contributed by atoms with van der Waals surface area (Å²) in [7, 11) is 0. The second kappa shape index (κ2) is 4.47. The van der Waals surface area contributed by atoms with Crippen molar-refractivity contribution in [2.24, 2.45) is 5.92 Å². The maximum absolute atomic E-state index is 13.4. The van der Waals surface area contributed by atoms with E-state index in [4.69, 9.17) is 0 Å². The molecule has 1 fully saturated rings. The van der Waals surface area contributed by atoms with Gasteiger partial charge in [-0.3, -0.25) is 10.1 Å². The normalized spacial score (nSPS) is 15.6. The summed E-state index contributed by atoms with van der Waals surface area (Å²) >= 11 is 0. The molecule has 0 atom stereocenters. The Morgan fingerprint density at radius 3 is 2.75 bits per heavy atom. The number of anilines is 1. The van der Waals surface area contributed by atoms with Gasteiger partial charge in [0.2, 0.25) is 0 Å². The van der Waals surface area contributed by atoms with Gasteiger partial charge in [0, 0.05) is 12.6 Å². The van der Waals surface area contributed by atoms with E-state index in [2.05, 4.69) is 5.32 Å². The summed E-state index contributed by atoms with van der Waals surface area (Å²) in [4.78, 5) is 9.81. The molecule has 0 amide bonds. The van der Waals surface area contributed by atoms with Gasteiger partial charge in [0.1, 0.15) is 0 Å². The van der Waals surface area contributed by atoms with Crippen molar-refractivity contribution in [1.29, 1.82) is 0 Å². The number of nitrogens with one attached hydrogen (secondary N) is 1. The van der Waals surface area contributed by atoms with Crippen LogP contribution in [0.4, 0.5) is 15.8 Å². The van der Waals surface area contributed by atoms with Crippen molar-refractivity contribution in [3.05, 3.63) is 34.1 Å². The molecule has 1 aromatic carbocycles. The molecule has 0 aromatic heterocycles. The zero-order chi connectivity index (χ0) is 11.5. The Hall–Kier alpha value is -1.65. The molecule has 0 aliphatic heterocycles. The molecule has 0 heterocycles. The second-order valence-electron chi connectivity index (χ2n) is 4.10. The monoisotopic (exact) mass is 224 g/mol. The Bertz CT molecular complexity index is 405. The lowest BCUT2D eigenvalue weighted by Crippen LogP contribution is -2.21. The van der Waals surface area contributed by atoms with Gasteiger partial charge in [-0.25, -0.2) is 4.39 Å². The van der Waals surface area contributed by atoms with E-state index in [9.17, 15) is 14.5 Å². The van der Waals surface area contributed by atoms with Crippen molar-refractivity contribution in [3.63, 3.8) is 0 Å². The van der Waals surface area contributed by atoms with Crippen LogP contribution in [0, 0.1) is 21.8 Å². The van der Waals surface area contributed by atoms with E-state index in [-0.39, 0.29) is 5.69 Å². The lowest BCUT2D eigenvalue weighted by Gasteiger charge is -2.25. The number of nitro groups is 1. The minimum absolute atomic E-state index is 0.216. The van der Waals surface area contributed by atoms with Crippen LogP contribution in [0.15, 0.2) is 18.2 Å². The van der Waals surface area contributed by atoms with Crippen LogP contribution >= 0.6 is 0 Å². The third kappa shape index (κ3) is 2.29. The zero-order valence-corrected chi connectivity index (χ0v) is 8.78. The van der Waals surface area contributed by atoms with E-state index in [1.54, 1.807) is 0 Å². The summed E-state index contributed by atoms with van der Waals surface area (Å²) in [5.41, 5.74) is 0.129. The van der Waals surface area contributed by atoms with E-state index in [0.717, 1.165) is 12.6 Å². The fraction of sp³-hybridized carbons (Fsp3) is 0.455. The van der Waals surface area contributed by atoms with E-state index in [1.165, 1.54) is 31.4 Å². The fourth-order valence-electron chi connectivity index (χ4n) is 1.71. The number of nitro benzene ring substituents is 1. The molecule has 2 rings (SSSR count). The predicted molar refractivity (Wildman–Crippen MR) is 58.9 cm³/mol. The van der Waals surface area contributed by atoms with E-state index in [1.807, 2.05) is 0 Å². The first-order chi connectivity index (χ1) is 7.66. The third-order valence-electron chi connectivity index (χ3n) is 2.97. The average molecular weight is 224 g/mol. The molecule has 0 spiro atoms. The number of benzene rings is 1. The molecule has 1 aromatic rings. The fourth-order valence-corrected chi connectivity index (χ4v) is 1.71. The first kappa shape index (κ1) is 10.9. The third-order valence-corrected chi connectivity index (χ3v) is 2.97. The lowest BCUT2D eigenvalue weighted by molar-refractivity contribution is -0.385. The van der Waals surface area contributed by atoms with Crippen molar-refractivity contribution in [1.82, 2.24) is 0 Å². The molecular weight excluding hydrogens is 211 g/mol. The number of hydrogen-bond acceptors (Lipinski definition) is 3. The Kier molecular flexibility index (Phi) is 3.03. The molecule has 0 unspecified atom stereocenters. The maximum Gasteiger partial charge on any atom is 0.272 e. The molecule has 86 valence electrons. The Morgan fingerprint density at radius 2 is 2.25 bits per heavy atom. The van der Waals surface area contributed by atoms with E-state index in [0.29, 0.717) is 11.6 Å². The molecule has 0 bridgehead atoms. The van der Waals surface area contributed by atoms with Crippen LogP contribution in [0.3, 0.4) is 0 Å². The average Bonchev–Trinajstić information content (AvgIpc) is 2.17. The van der Waals surface area contributed by atoms with Crippen molar-refractivity contribution in [2.45, 2.75) is 19.3 Å². The van der Waals surface area contributed by atoms with E-state index >= 15 is 0 Å². The summed E-state index contributed by atoms with van der Waals surface area (Å²) in [6.07, 6.45) is 3.61. The predicted octanol–water partition coefficient (Wildman–Crippen LogP) is 2.95. The summed E-state index contributed by atoms with van der Waals surface area (Å²) in [6.45, 7) is 0.745. The SMILES string of the molecule is O=[N+]([O-])c1ccc(NCC2CCC2)c(F)c1. The van der Waals surface area contributed by atoms with Crippen LogP contribution in [0.2, 0.25) is 0 Å². The van der Waals surface area contributed by atoms with Crippen LogP contribution in [-0.4, -0.2) is 11.5 Å². The molecule has 1 N–H and O–H groups in total. The molecule has 5 heteroatoms. The second-order valence-corrected chi connectivity index (χ2v) is 4.10. The number of rotatable bonds is 4. The van der Waals surface area contributed by atoms with Crippen molar-refractivity contribution in [2.75, 3.05) is 11.9 Å². The highest BCUT2D eigenvalue weighted by Crippen LogP contribution is 2.27. The number of hydrogen-bond donors (Lipinski definition) is 1. The molecule has 1 aliphatic carbocycles. The first-order valence-electron chi connectivity index (χ1n) is 5.34. The van der Waals surface area contributed by atoms with Crippen molar-refractivity contribution < 1.29 is 9.31 Å². The highest BCUT2D eigenvalue weighted by atomic mass is 19.1. The van der Waals surface area contributed by atoms with Gasteiger partial charge in [-0.05, 0) is 24.8 Å². The largest absolute Gasteiger partial charge is 0.382 e. The molecule has 1 aliphatic rings. The highest BCUT2D eigenvalue weighted by Gasteiger charge is 2.18. The summed E-state index contributed by atoms with van der Waals surface area (Å²) < 4.78 is 13.4. The van der Waals surface area contributed by atoms with Crippen molar-refractivity contribution >= 4 is 11.4 Å². The molecule has 16 heavy (non-hydrogen) atoms. The van der Waals surface area contributed by atoms with Gasteiger partial charge < -0.3 is 5.32 Å². The Labute approximate surface area is 92.6 Å². The quantitative estimate of drug-likeness (QED) is 0.631.